The summed E-state index contributed by atoms with van der Waals surface area (Å²) in [7, 11) is 0. The maximum atomic E-state index is 10.3. The quantitative estimate of drug-likeness (QED) is 0.471. The van der Waals surface area contributed by atoms with E-state index >= 15 is 0 Å². The van der Waals surface area contributed by atoms with Crippen LogP contribution < -0.4 is 5.73 Å². The summed E-state index contributed by atoms with van der Waals surface area (Å²) >= 11 is 8.54. The first-order chi connectivity index (χ1) is 5.52. The summed E-state index contributed by atoms with van der Waals surface area (Å²) in [4.78, 5) is 13.3. The largest absolute Gasteiger partial charge is 0.378 e. The second-order valence-corrected chi connectivity index (χ2v) is 3.14. The summed E-state index contributed by atoms with van der Waals surface area (Å²) in [6, 6.07) is 1.32. The third-order valence-electron chi connectivity index (χ3n) is 1.12. The summed E-state index contributed by atoms with van der Waals surface area (Å²) in [6.45, 7) is 0. The van der Waals surface area contributed by atoms with Crippen LogP contribution in [0.5, 0.6) is 0 Å². The van der Waals surface area contributed by atoms with Crippen LogP contribution >= 0.6 is 27.5 Å². The molecule has 0 amide bonds. The Bertz CT molecular complexity index is 320. The fraction of sp³-hybridized carbons (Fsp3) is 0. The van der Waals surface area contributed by atoms with Crippen molar-refractivity contribution in [3.8, 4) is 0 Å². The highest BCUT2D eigenvalue weighted by Gasteiger charge is 2.18. The first kappa shape index (κ1) is 9.21. The molecule has 1 aromatic rings. The molecule has 5 nitrogen and oxygen atoms in total. The van der Waals surface area contributed by atoms with E-state index in [1.54, 1.807) is 0 Å². The van der Waals surface area contributed by atoms with Crippen molar-refractivity contribution in [1.82, 2.24) is 4.98 Å². The van der Waals surface area contributed by atoms with E-state index in [0.717, 1.165) is 0 Å². The Morgan fingerprint density at radius 2 is 2.33 bits per heavy atom. The molecule has 0 aliphatic rings. The number of nitro groups is 1. The molecule has 0 atom stereocenters. The lowest BCUT2D eigenvalue weighted by Crippen LogP contribution is -1.99. The molecule has 0 saturated carbocycles. The number of anilines is 1. The van der Waals surface area contributed by atoms with Crippen LogP contribution in [0.25, 0.3) is 0 Å². The van der Waals surface area contributed by atoms with Crippen molar-refractivity contribution >= 4 is 39.0 Å². The van der Waals surface area contributed by atoms with Gasteiger partial charge in [-0.3, -0.25) is 10.1 Å². The number of nitrogens with two attached hydrogens (primary N) is 1. The number of nitrogens with zero attached hydrogens (tertiary/aromatic N) is 2. The molecule has 1 heterocycles. The van der Waals surface area contributed by atoms with Crippen LogP contribution in [-0.4, -0.2) is 9.91 Å². The molecule has 0 bridgehead atoms. The predicted octanol–water partition coefficient (Wildman–Crippen LogP) is 1.99. The molecule has 1 rings (SSSR count). The molecule has 0 unspecified atom stereocenters. The lowest BCUT2D eigenvalue weighted by atomic mass is 10.4. The molecule has 64 valence electrons. The molecule has 2 N–H and O–H groups in total. The third-order valence-corrected chi connectivity index (χ3v) is 1.82. The molecule has 0 aliphatic carbocycles. The number of aromatic nitrogens is 1. The normalized spacial score (nSPS) is 9.83. The lowest BCUT2D eigenvalue weighted by Gasteiger charge is -1.98. The summed E-state index contributed by atoms with van der Waals surface area (Å²) < 4.78 is 0.371. The molecule has 1 aromatic heterocycles. The highest BCUT2D eigenvalue weighted by atomic mass is 79.9. The maximum Gasteiger partial charge on any atom is 0.329 e. The summed E-state index contributed by atoms with van der Waals surface area (Å²) in [5.41, 5.74) is 4.89. The van der Waals surface area contributed by atoms with E-state index in [4.69, 9.17) is 17.3 Å². The number of rotatable bonds is 1. The summed E-state index contributed by atoms with van der Waals surface area (Å²) in [6.07, 6.45) is 0. The van der Waals surface area contributed by atoms with Gasteiger partial charge >= 0.3 is 5.69 Å². The van der Waals surface area contributed by atoms with Crippen molar-refractivity contribution in [2.45, 2.75) is 0 Å². The topological polar surface area (TPSA) is 82.0 Å². The van der Waals surface area contributed by atoms with Crippen molar-refractivity contribution in [3.63, 3.8) is 0 Å². The predicted molar refractivity (Wildman–Crippen MR) is 48.0 cm³/mol. The Kier molecular flexibility index (Phi) is 2.49. The first-order valence-corrected chi connectivity index (χ1v) is 3.95. The van der Waals surface area contributed by atoms with Crippen LogP contribution in [0.2, 0.25) is 5.02 Å². The van der Waals surface area contributed by atoms with Gasteiger partial charge in [-0.2, -0.15) is 0 Å². The van der Waals surface area contributed by atoms with Crippen LogP contribution in [0.1, 0.15) is 0 Å². The van der Waals surface area contributed by atoms with Gasteiger partial charge in [-0.25, -0.2) is 4.98 Å². The Morgan fingerprint density at radius 3 is 2.75 bits per heavy atom. The summed E-state index contributed by atoms with van der Waals surface area (Å²) in [5, 5.41) is 10.3. The fourth-order valence-electron chi connectivity index (χ4n) is 0.676. The molecule has 0 radical (unpaired) electrons. The van der Waals surface area contributed by atoms with Crippen molar-refractivity contribution in [3.05, 3.63) is 25.8 Å². The first-order valence-electron chi connectivity index (χ1n) is 2.78. The van der Waals surface area contributed by atoms with Gasteiger partial charge in [-0.1, -0.05) is 11.6 Å². The minimum Gasteiger partial charge on any atom is -0.378 e. The molecule has 0 aliphatic heterocycles. The van der Waals surface area contributed by atoms with Crippen molar-refractivity contribution in [2.75, 3.05) is 5.73 Å². The molecule has 0 fully saturated rings. The average molecular weight is 252 g/mol. The number of nitrogen functional groups attached to an aromatic ring is 1. The highest BCUT2D eigenvalue weighted by molar-refractivity contribution is 9.10. The van der Waals surface area contributed by atoms with E-state index in [0.29, 0.717) is 4.60 Å². The van der Waals surface area contributed by atoms with Crippen molar-refractivity contribution in [2.24, 2.45) is 0 Å². The smallest absolute Gasteiger partial charge is 0.329 e. The molecule has 0 spiro atoms. The van der Waals surface area contributed by atoms with Crippen LogP contribution in [-0.2, 0) is 0 Å². The van der Waals surface area contributed by atoms with Crippen molar-refractivity contribution < 1.29 is 4.92 Å². The molecular formula is C5H3BrClN3O2. The van der Waals surface area contributed by atoms with E-state index in [9.17, 15) is 10.1 Å². The van der Waals surface area contributed by atoms with Crippen LogP contribution in [0.15, 0.2) is 10.7 Å². The molecule has 7 heteroatoms. The molecule has 0 aromatic carbocycles. The second-order valence-electron chi connectivity index (χ2n) is 1.92. The van der Waals surface area contributed by atoms with Gasteiger partial charge in [-0.05, 0) is 22.0 Å². The van der Waals surface area contributed by atoms with E-state index in [-0.39, 0.29) is 16.5 Å². The lowest BCUT2D eigenvalue weighted by molar-refractivity contribution is -0.384. The van der Waals surface area contributed by atoms with Gasteiger partial charge in [0, 0.05) is 0 Å². The number of pyridine rings is 1. The SMILES string of the molecule is Nc1nc(Br)cc(Cl)c1[N+](=O)[O-]. The van der Waals surface area contributed by atoms with E-state index in [1.807, 2.05) is 0 Å². The summed E-state index contributed by atoms with van der Waals surface area (Å²) in [5.74, 6) is -0.195. The second kappa shape index (κ2) is 3.24. The molecular weight excluding hydrogens is 249 g/mol. The zero-order valence-electron chi connectivity index (χ0n) is 5.62. The third kappa shape index (κ3) is 1.64. The Morgan fingerprint density at radius 1 is 1.75 bits per heavy atom. The number of hydrogen-bond acceptors (Lipinski definition) is 4. The molecule has 12 heavy (non-hydrogen) atoms. The Balaban J connectivity index is 3.38. The minimum absolute atomic E-state index is 0.0284. The highest BCUT2D eigenvalue weighted by Crippen LogP contribution is 2.30. The van der Waals surface area contributed by atoms with Crippen LogP contribution in [0.4, 0.5) is 11.5 Å². The standard InChI is InChI=1S/C5H3BrClN3O2/c6-3-1-2(7)4(10(11)12)5(8)9-3/h1H,(H2,8,9). The fourth-order valence-corrected chi connectivity index (χ4v) is 1.50. The zero-order chi connectivity index (χ0) is 9.30. The average Bonchev–Trinajstić information content (AvgIpc) is 1.82. The van der Waals surface area contributed by atoms with Gasteiger partial charge in [0.05, 0.1) is 4.92 Å². The van der Waals surface area contributed by atoms with E-state index < -0.39 is 4.92 Å². The van der Waals surface area contributed by atoms with Crippen LogP contribution in [0, 0.1) is 10.1 Å². The minimum atomic E-state index is -0.670. The molecule has 0 saturated heterocycles. The van der Waals surface area contributed by atoms with E-state index in [1.165, 1.54) is 6.07 Å². The van der Waals surface area contributed by atoms with Gasteiger partial charge in [0.1, 0.15) is 9.63 Å². The van der Waals surface area contributed by atoms with Gasteiger partial charge < -0.3 is 5.73 Å². The Labute approximate surface area is 80.8 Å². The van der Waals surface area contributed by atoms with E-state index in [2.05, 4.69) is 20.9 Å². The van der Waals surface area contributed by atoms with Gasteiger partial charge in [0.25, 0.3) is 0 Å². The zero-order valence-corrected chi connectivity index (χ0v) is 7.96. The van der Waals surface area contributed by atoms with Crippen molar-refractivity contribution in [1.29, 1.82) is 0 Å². The number of hydrogen-bond donors (Lipinski definition) is 1. The van der Waals surface area contributed by atoms with Gasteiger partial charge in [0.2, 0.25) is 5.82 Å². The monoisotopic (exact) mass is 251 g/mol. The maximum absolute atomic E-state index is 10.3. The van der Waals surface area contributed by atoms with Gasteiger partial charge in [-0.15, -0.1) is 0 Å². The Hall–Kier alpha value is -0.880. The van der Waals surface area contributed by atoms with Gasteiger partial charge in [0.15, 0.2) is 0 Å². The number of halogens is 2. The van der Waals surface area contributed by atoms with Crippen LogP contribution in [0.3, 0.4) is 0 Å².